The molecule has 86 valence electrons. The molecule has 0 aromatic heterocycles. The summed E-state index contributed by atoms with van der Waals surface area (Å²) in [5, 5.41) is 2.92. The standard InChI is InChI=1S/C12H15IN2O/c13-9-5-1-2-6-10(9)15-11(16)12(14)7-3-4-8-12/h1-2,5-6H,3-4,7-8,14H2,(H,15,16). The first-order valence-corrected chi connectivity index (χ1v) is 6.54. The molecule has 1 aliphatic carbocycles. The molecule has 0 unspecified atom stereocenters. The van der Waals surface area contributed by atoms with E-state index in [1.54, 1.807) is 0 Å². The zero-order valence-corrected chi connectivity index (χ0v) is 11.2. The molecule has 0 spiro atoms. The van der Waals surface area contributed by atoms with Crippen LogP contribution in [0.4, 0.5) is 5.69 Å². The molecule has 1 aromatic rings. The third-order valence-corrected chi connectivity index (χ3v) is 4.01. The van der Waals surface area contributed by atoms with Crippen molar-refractivity contribution in [1.82, 2.24) is 0 Å². The Kier molecular flexibility index (Phi) is 3.49. The number of carbonyl (C=O) groups excluding carboxylic acids is 1. The summed E-state index contributed by atoms with van der Waals surface area (Å²) in [6.07, 6.45) is 3.69. The molecule has 2 rings (SSSR count). The predicted octanol–water partition coefficient (Wildman–Crippen LogP) is 2.50. The van der Waals surface area contributed by atoms with Crippen LogP contribution in [0.3, 0.4) is 0 Å². The summed E-state index contributed by atoms with van der Waals surface area (Å²) in [6.45, 7) is 0. The minimum atomic E-state index is -0.654. The van der Waals surface area contributed by atoms with Crippen molar-refractivity contribution in [2.75, 3.05) is 5.32 Å². The second-order valence-electron chi connectivity index (χ2n) is 4.30. The zero-order valence-electron chi connectivity index (χ0n) is 9.00. The van der Waals surface area contributed by atoms with Crippen molar-refractivity contribution in [3.8, 4) is 0 Å². The summed E-state index contributed by atoms with van der Waals surface area (Å²) >= 11 is 2.21. The fourth-order valence-corrected chi connectivity index (χ4v) is 2.56. The third-order valence-electron chi connectivity index (χ3n) is 3.07. The van der Waals surface area contributed by atoms with Crippen molar-refractivity contribution in [3.63, 3.8) is 0 Å². The molecule has 4 heteroatoms. The molecule has 16 heavy (non-hydrogen) atoms. The van der Waals surface area contributed by atoms with Crippen LogP contribution in [0.15, 0.2) is 24.3 Å². The number of rotatable bonds is 2. The molecule has 3 nitrogen and oxygen atoms in total. The van der Waals surface area contributed by atoms with Crippen LogP contribution < -0.4 is 11.1 Å². The lowest BCUT2D eigenvalue weighted by atomic mass is 9.98. The van der Waals surface area contributed by atoms with E-state index in [9.17, 15) is 4.79 Å². The van der Waals surface area contributed by atoms with E-state index in [1.165, 1.54) is 0 Å². The van der Waals surface area contributed by atoms with Gasteiger partial charge < -0.3 is 11.1 Å². The van der Waals surface area contributed by atoms with E-state index in [0.29, 0.717) is 0 Å². The monoisotopic (exact) mass is 330 g/mol. The summed E-state index contributed by atoms with van der Waals surface area (Å²) in [6, 6.07) is 7.73. The van der Waals surface area contributed by atoms with Gasteiger partial charge in [-0.2, -0.15) is 0 Å². The highest BCUT2D eigenvalue weighted by Crippen LogP contribution is 2.29. The summed E-state index contributed by atoms with van der Waals surface area (Å²) in [5.74, 6) is -0.0471. The average molecular weight is 330 g/mol. The first kappa shape index (κ1) is 11.9. The number of carbonyl (C=O) groups is 1. The Bertz CT molecular complexity index is 400. The molecule has 0 atom stereocenters. The number of benzene rings is 1. The predicted molar refractivity (Wildman–Crippen MR) is 73.2 cm³/mol. The molecule has 1 fully saturated rings. The lowest BCUT2D eigenvalue weighted by Crippen LogP contribution is -2.48. The molecular formula is C12H15IN2O. The summed E-state index contributed by atoms with van der Waals surface area (Å²) in [5.41, 5.74) is 6.28. The van der Waals surface area contributed by atoms with Gasteiger partial charge in [0, 0.05) is 3.57 Å². The molecule has 1 aromatic carbocycles. The molecule has 0 heterocycles. The van der Waals surface area contributed by atoms with Crippen LogP contribution in [0.2, 0.25) is 0 Å². The fourth-order valence-electron chi connectivity index (χ4n) is 2.04. The number of nitrogens with two attached hydrogens (primary N) is 1. The molecular weight excluding hydrogens is 315 g/mol. The number of halogens is 1. The van der Waals surface area contributed by atoms with Gasteiger partial charge in [-0.05, 0) is 47.6 Å². The van der Waals surface area contributed by atoms with E-state index in [0.717, 1.165) is 34.9 Å². The first-order valence-electron chi connectivity index (χ1n) is 5.47. The van der Waals surface area contributed by atoms with Crippen molar-refractivity contribution in [2.45, 2.75) is 31.2 Å². The van der Waals surface area contributed by atoms with Gasteiger partial charge in [-0.25, -0.2) is 0 Å². The third kappa shape index (κ3) is 2.38. The van der Waals surface area contributed by atoms with Crippen LogP contribution in [-0.4, -0.2) is 11.4 Å². The summed E-state index contributed by atoms with van der Waals surface area (Å²) in [4.78, 5) is 12.0. The first-order chi connectivity index (χ1) is 7.62. The van der Waals surface area contributed by atoms with Crippen LogP contribution in [0.5, 0.6) is 0 Å². The Morgan fingerprint density at radius 3 is 2.56 bits per heavy atom. The molecule has 0 saturated heterocycles. The van der Waals surface area contributed by atoms with Crippen LogP contribution in [-0.2, 0) is 4.79 Å². The normalized spacial score (nSPS) is 18.4. The Morgan fingerprint density at radius 2 is 1.94 bits per heavy atom. The van der Waals surface area contributed by atoms with Crippen molar-refractivity contribution in [2.24, 2.45) is 5.73 Å². The van der Waals surface area contributed by atoms with Crippen molar-refractivity contribution in [3.05, 3.63) is 27.8 Å². The molecule has 0 bridgehead atoms. The van der Waals surface area contributed by atoms with E-state index >= 15 is 0 Å². The summed E-state index contributed by atoms with van der Waals surface area (Å²) in [7, 11) is 0. The topological polar surface area (TPSA) is 55.1 Å². The molecule has 1 amide bonds. The van der Waals surface area contributed by atoms with Crippen LogP contribution in [0, 0.1) is 3.57 Å². The van der Waals surface area contributed by atoms with Gasteiger partial charge in [0.1, 0.15) is 0 Å². The number of amides is 1. The van der Waals surface area contributed by atoms with E-state index in [4.69, 9.17) is 5.73 Å². The molecule has 0 radical (unpaired) electrons. The number of anilines is 1. The van der Waals surface area contributed by atoms with Crippen molar-refractivity contribution >= 4 is 34.2 Å². The van der Waals surface area contributed by atoms with Crippen LogP contribution in [0.25, 0.3) is 0 Å². The largest absolute Gasteiger partial charge is 0.324 e. The zero-order chi connectivity index (χ0) is 11.6. The lowest BCUT2D eigenvalue weighted by Gasteiger charge is -2.22. The Labute approximate surface area is 109 Å². The average Bonchev–Trinajstić information content (AvgIpc) is 2.70. The minimum Gasteiger partial charge on any atom is -0.324 e. The number of para-hydroxylation sites is 1. The maximum Gasteiger partial charge on any atom is 0.244 e. The molecule has 3 N–H and O–H groups in total. The quantitative estimate of drug-likeness (QED) is 0.819. The van der Waals surface area contributed by atoms with Gasteiger partial charge in [-0.3, -0.25) is 4.79 Å². The molecule has 1 aliphatic rings. The summed E-state index contributed by atoms with van der Waals surface area (Å²) < 4.78 is 1.04. The van der Waals surface area contributed by atoms with Crippen molar-refractivity contribution in [1.29, 1.82) is 0 Å². The smallest absolute Gasteiger partial charge is 0.244 e. The van der Waals surface area contributed by atoms with Crippen LogP contribution in [0.1, 0.15) is 25.7 Å². The van der Waals surface area contributed by atoms with Gasteiger partial charge >= 0.3 is 0 Å². The van der Waals surface area contributed by atoms with Gasteiger partial charge in [0.25, 0.3) is 0 Å². The van der Waals surface area contributed by atoms with E-state index in [1.807, 2.05) is 24.3 Å². The molecule has 0 aliphatic heterocycles. The Hall–Kier alpha value is -0.620. The number of hydrogen-bond acceptors (Lipinski definition) is 2. The van der Waals surface area contributed by atoms with E-state index < -0.39 is 5.54 Å². The second kappa shape index (κ2) is 4.71. The maximum atomic E-state index is 12.0. The Morgan fingerprint density at radius 1 is 1.31 bits per heavy atom. The van der Waals surface area contributed by atoms with E-state index in [2.05, 4.69) is 27.9 Å². The maximum absolute atomic E-state index is 12.0. The minimum absolute atomic E-state index is 0.0471. The highest BCUT2D eigenvalue weighted by molar-refractivity contribution is 14.1. The lowest BCUT2D eigenvalue weighted by molar-refractivity contribution is -0.121. The SMILES string of the molecule is NC1(C(=O)Nc2ccccc2I)CCCC1. The fraction of sp³-hybridized carbons (Fsp3) is 0.417. The van der Waals surface area contributed by atoms with Crippen molar-refractivity contribution < 1.29 is 4.79 Å². The van der Waals surface area contributed by atoms with Crippen LogP contribution >= 0.6 is 22.6 Å². The van der Waals surface area contributed by atoms with E-state index in [-0.39, 0.29) is 5.91 Å². The van der Waals surface area contributed by atoms with Gasteiger partial charge in [0.05, 0.1) is 11.2 Å². The second-order valence-corrected chi connectivity index (χ2v) is 5.46. The van der Waals surface area contributed by atoms with Gasteiger partial charge in [0.15, 0.2) is 0 Å². The highest BCUT2D eigenvalue weighted by atomic mass is 127. The number of nitrogens with one attached hydrogen (secondary N) is 1. The van der Waals surface area contributed by atoms with Gasteiger partial charge in [0.2, 0.25) is 5.91 Å². The highest BCUT2D eigenvalue weighted by Gasteiger charge is 2.37. The number of hydrogen-bond donors (Lipinski definition) is 2. The Balaban J connectivity index is 2.10. The van der Waals surface area contributed by atoms with Gasteiger partial charge in [-0.15, -0.1) is 0 Å². The molecule has 1 saturated carbocycles. The van der Waals surface area contributed by atoms with Gasteiger partial charge in [-0.1, -0.05) is 25.0 Å².